The normalized spacial score (nSPS) is 11.9. The minimum Gasteiger partial charge on any atom is -0.478 e. The molecule has 9 heteroatoms. The van der Waals surface area contributed by atoms with Crippen LogP contribution in [0.15, 0.2) is 35.3 Å². The Morgan fingerprint density at radius 3 is 2.67 bits per heavy atom. The predicted octanol–water partition coefficient (Wildman–Crippen LogP) is 3.79. The smallest absolute Gasteiger partial charge is 0.330 e. The third-order valence-corrected chi connectivity index (χ3v) is 5.89. The number of halogens is 1. The summed E-state index contributed by atoms with van der Waals surface area (Å²) < 4.78 is 23.9. The Bertz CT molecular complexity index is 1340. The predicted molar refractivity (Wildman–Crippen MR) is 127 cm³/mol. The molecule has 1 aromatic carbocycles. The van der Waals surface area contributed by atoms with Gasteiger partial charge in [0.25, 0.3) is 0 Å². The Kier molecular flexibility index (Phi) is 6.42. The number of imidazole rings is 1. The zero-order valence-electron chi connectivity index (χ0n) is 19.7. The minimum absolute atomic E-state index is 0.0858. The van der Waals surface area contributed by atoms with Crippen LogP contribution in [0, 0.1) is 5.82 Å². The molecule has 0 aliphatic heterocycles. The first kappa shape index (κ1) is 22.8. The molecule has 0 saturated carbocycles. The summed E-state index contributed by atoms with van der Waals surface area (Å²) in [5.41, 5.74) is 2.33. The maximum Gasteiger partial charge on any atom is 0.330 e. The number of nitrogens with zero attached hydrogens (tertiary/aromatic N) is 6. The molecule has 33 heavy (non-hydrogen) atoms. The second-order valence-corrected chi connectivity index (χ2v) is 8.51. The molecule has 0 unspecified atom stereocenters. The Balaban J connectivity index is 1.69. The average molecular weight is 453 g/mol. The molecule has 0 saturated heterocycles. The molecule has 0 bridgehead atoms. The van der Waals surface area contributed by atoms with E-state index in [9.17, 15) is 4.79 Å². The summed E-state index contributed by atoms with van der Waals surface area (Å²) in [5, 5.41) is 8.99. The molecule has 0 atom stereocenters. The standard InChI is InChI=1S/C24H29FN6O2/c1-6-29(4)10-7-11-33-21-9-8-16(14-26-21)17-12-18-20(13-19(17)25)27-28-23-22(18)31(15(2)3)24(32)30(23)5/h8-9,12-15H,6-7,10-11H2,1-5H3. The highest BCUT2D eigenvalue weighted by molar-refractivity contribution is 6.02. The van der Waals surface area contributed by atoms with Crippen molar-refractivity contribution in [1.82, 2.24) is 29.2 Å². The number of rotatable bonds is 8. The summed E-state index contributed by atoms with van der Waals surface area (Å²) in [7, 11) is 3.73. The van der Waals surface area contributed by atoms with E-state index in [2.05, 4.69) is 34.1 Å². The summed E-state index contributed by atoms with van der Waals surface area (Å²) in [6.07, 6.45) is 2.50. The molecule has 174 valence electrons. The fourth-order valence-corrected chi connectivity index (χ4v) is 3.91. The lowest BCUT2D eigenvalue weighted by atomic mass is 10.0. The summed E-state index contributed by atoms with van der Waals surface area (Å²) in [4.78, 5) is 19.3. The molecule has 0 aliphatic carbocycles. The maximum absolute atomic E-state index is 15.0. The second kappa shape index (κ2) is 9.27. The molecule has 0 N–H and O–H groups in total. The van der Waals surface area contributed by atoms with Crippen molar-refractivity contribution in [3.63, 3.8) is 0 Å². The lowest BCUT2D eigenvalue weighted by molar-refractivity contribution is 0.261. The summed E-state index contributed by atoms with van der Waals surface area (Å²) >= 11 is 0. The number of aromatic nitrogens is 5. The van der Waals surface area contributed by atoms with E-state index >= 15 is 4.39 Å². The van der Waals surface area contributed by atoms with Gasteiger partial charge in [0.2, 0.25) is 5.88 Å². The molecule has 0 fully saturated rings. The van der Waals surface area contributed by atoms with Crippen LogP contribution in [0.5, 0.6) is 5.88 Å². The molecule has 3 aromatic heterocycles. The largest absolute Gasteiger partial charge is 0.478 e. The molecule has 3 heterocycles. The fourth-order valence-electron chi connectivity index (χ4n) is 3.91. The van der Waals surface area contributed by atoms with Crippen LogP contribution in [0.2, 0.25) is 0 Å². The molecule has 0 radical (unpaired) electrons. The van der Waals surface area contributed by atoms with Crippen LogP contribution in [-0.4, -0.2) is 56.0 Å². The number of ether oxygens (including phenoxy) is 1. The Morgan fingerprint density at radius 2 is 2.00 bits per heavy atom. The van der Waals surface area contributed by atoms with E-state index in [1.165, 1.54) is 10.6 Å². The first-order valence-electron chi connectivity index (χ1n) is 11.2. The van der Waals surface area contributed by atoms with Gasteiger partial charge in [0.15, 0.2) is 5.65 Å². The van der Waals surface area contributed by atoms with E-state index in [0.29, 0.717) is 45.7 Å². The van der Waals surface area contributed by atoms with Crippen molar-refractivity contribution in [2.75, 3.05) is 26.7 Å². The summed E-state index contributed by atoms with van der Waals surface area (Å²) in [5.74, 6) is 0.0765. The highest BCUT2D eigenvalue weighted by Gasteiger charge is 2.20. The molecule has 0 spiro atoms. The van der Waals surface area contributed by atoms with Crippen LogP contribution in [0.4, 0.5) is 4.39 Å². The van der Waals surface area contributed by atoms with Gasteiger partial charge in [-0.3, -0.25) is 9.13 Å². The number of hydrogen-bond acceptors (Lipinski definition) is 6. The molecule has 0 amide bonds. The number of pyridine rings is 1. The molecule has 8 nitrogen and oxygen atoms in total. The average Bonchev–Trinajstić information content (AvgIpc) is 3.07. The van der Waals surface area contributed by atoms with Crippen LogP contribution >= 0.6 is 0 Å². The van der Waals surface area contributed by atoms with Crippen LogP contribution in [0.3, 0.4) is 0 Å². The number of hydrogen-bond donors (Lipinski definition) is 0. The maximum atomic E-state index is 15.0. The van der Waals surface area contributed by atoms with Crippen molar-refractivity contribution < 1.29 is 9.13 Å². The fraction of sp³-hybridized carbons (Fsp3) is 0.417. The minimum atomic E-state index is -0.427. The monoisotopic (exact) mass is 452 g/mol. The van der Waals surface area contributed by atoms with Gasteiger partial charge in [0.1, 0.15) is 11.3 Å². The quantitative estimate of drug-likeness (QED) is 0.379. The first-order valence-corrected chi connectivity index (χ1v) is 11.2. The van der Waals surface area contributed by atoms with Gasteiger partial charge in [-0.05, 0) is 46.0 Å². The van der Waals surface area contributed by atoms with Crippen LogP contribution in [0.25, 0.3) is 33.2 Å². The third kappa shape index (κ3) is 4.32. The Hall–Kier alpha value is -3.33. The Morgan fingerprint density at radius 1 is 1.21 bits per heavy atom. The molecule has 0 aliphatic rings. The van der Waals surface area contributed by atoms with Gasteiger partial charge in [0.05, 0.1) is 12.1 Å². The van der Waals surface area contributed by atoms with Crippen LogP contribution < -0.4 is 10.4 Å². The van der Waals surface area contributed by atoms with E-state index < -0.39 is 5.82 Å². The number of benzene rings is 1. The van der Waals surface area contributed by atoms with E-state index in [1.54, 1.807) is 36.0 Å². The van der Waals surface area contributed by atoms with Crippen molar-refractivity contribution in [1.29, 1.82) is 0 Å². The summed E-state index contributed by atoms with van der Waals surface area (Å²) in [6, 6.07) is 6.52. The van der Waals surface area contributed by atoms with Crippen molar-refractivity contribution in [2.24, 2.45) is 7.05 Å². The zero-order chi connectivity index (χ0) is 23.7. The van der Waals surface area contributed by atoms with Crippen molar-refractivity contribution in [3.8, 4) is 17.0 Å². The van der Waals surface area contributed by atoms with Crippen molar-refractivity contribution >= 4 is 22.1 Å². The van der Waals surface area contributed by atoms with Crippen molar-refractivity contribution in [3.05, 3.63) is 46.8 Å². The topological polar surface area (TPSA) is 78.1 Å². The molecule has 4 rings (SSSR count). The summed E-state index contributed by atoms with van der Waals surface area (Å²) in [6.45, 7) is 8.50. The zero-order valence-corrected chi connectivity index (χ0v) is 19.7. The van der Waals surface area contributed by atoms with Gasteiger partial charge in [-0.25, -0.2) is 14.2 Å². The lowest BCUT2D eigenvalue weighted by Gasteiger charge is -2.13. The van der Waals surface area contributed by atoms with Gasteiger partial charge in [-0.2, -0.15) is 0 Å². The third-order valence-electron chi connectivity index (χ3n) is 5.89. The molecular formula is C24H29FN6O2. The van der Waals surface area contributed by atoms with E-state index in [-0.39, 0.29) is 11.7 Å². The van der Waals surface area contributed by atoms with E-state index in [1.807, 2.05) is 13.8 Å². The SMILES string of the molecule is CCN(C)CCCOc1ccc(-c2cc3c(cc2F)nnc2c3n(C(C)C)c(=O)n2C)cn1. The highest BCUT2D eigenvalue weighted by Crippen LogP contribution is 2.31. The van der Waals surface area contributed by atoms with E-state index in [0.717, 1.165) is 19.5 Å². The van der Waals surface area contributed by atoms with Gasteiger partial charge in [-0.1, -0.05) is 6.92 Å². The van der Waals surface area contributed by atoms with Crippen LogP contribution in [-0.2, 0) is 7.05 Å². The van der Waals surface area contributed by atoms with Crippen LogP contribution in [0.1, 0.15) is 33.2 Å². The van der Waals surface area contributed by atoms with Gasteiger partial charge in [-0.15, -0.1) is 10.2 Å². The number of aryl methyl sites for hydroxylation is 1. The highest BCUT2D eigenvalue weighted by atomic mass is 19.1. The van der Waals surface area contributed by atoms with E-state index in [4.69, 9.17) is 4.74 Å². The molecular weight excluding hydrogens is 423 g/mol. The van der Waals surface area contributed by atoms with Crippen molar-refractivity contribution in [2.45, 2.75) is 33.2 Å². The lowest BCUT2D eigenvalue weighted by Crippen LogP contribution is -2.23. The Labute approximate surface area is 191 Å². The number of fused-ring (bicyclic) bond motifs is 3. The first-order chi connectivity index (χ1) is 15.8. The van der Waals surface area contributed by atoms with Gasteiger partial charge >= 0.3 is 5.69 Å². The molecule has 4 aromatic rings. The van der Waals surface area contributed by atoms with Gasteiger partial charge in [0, 0.05) is 54.5 Å². The second-order valence-electron chi connectivity index (χ2n) is 8.51. The van der Waals surface area contributed by atoms with Gasteiger partial charge < -0.3 is 9.64 Å².